The van der Waals surface area contributed by atoms with Gasteiger partial charge in [0.05, 0.1) is 12.2 Å². The Morgan fingerprint density at radius 1 is 1.54 bits per heavy atom. The van der Waals surface area contributed by atoms with Crippen LogP contribution in [-0.2, 0) is 0 Å². The second kappa shape index (κ2) is 2.92. The van der Waals surface area contributed by atoms with Crippen LogP contribution in [0.3, 0.4) is 0 Å². The zero-order valence-corrected chi connectivity index (χ0v) is 7.58. The predicted molar refractivity (Wildman–Crippen MR) is 49.9 cm³/mol. The lowest BCUT2D eigenvalue weighted by molar-refractivity contribution is 0.263. The van der Waals surface area contributed by atoms with Crippen LogP contribution in [0.2, 0.25) is 0 Å². The highest BCUT2D eigenvalue weighted by molar-refractivity contribution is 5.49. The Labute approximate surface area is 77.1 Å². The molecular weight excluding hydrogens is 166 g/mol. The zero-order chi connectivity index (χ0) is 9.42. The van der Waals surface area contributed by atoms with Gasteiger partial charge in [0.1, 0.15) is 11.5 Å². The minimum Gasteiger partial charge on any atom is -0.507 e. The van der Waals surface area contributed by atoms with E-state index in [1.807, 2.05) is 13.0 Å². The van der Waals surface area contributed by atoms with Gasteiger partial charge in [0.25, 0.3) is 0 Å². The van der Waals surface area contributed by atoms with E-state index in [0.29, 0.717) is 6.61 Å². The second-order valence-electron chi connectivity index (χ2n) is 3.44. The molecular formula is C10H13NO2. The molecule has 1 aromatic carbocycles. The minimum absolute atomic E-state index is 0.0932. The number of rotatable bonds is 0. The lowest BCUT2D eigenvalue weighted by Gasteiger charge is -2.24. The van der Waals surface area contributed by atoms with E-state index in [1.54, 1.807) is 6.07 Å². The Hall–Kier alpha value is -1.22. The topological polar surface area (TPSA) is 55.5 Å². The van der Waals surface area contributed by atoms with Crippen LogP contribution in [0.25, 0.3) is 0 Å². The summed E-state index contributed by atoms with van der Waals surface area (Å²) in [7, 11) is 0. The van der Waals surface area contributed by atoms with Crippen LogP contribution in [0.4, 0.5) is 0 Å². The Morgan fingerprint density at radius 3 is 3.08 bits per heavy atom. The largest absolute Gasteiger partial charge is 0.507 e. The first-order valence-corrected chi connectivity index (χ1v) is 4.40. The molecule has 0 saturated heterocycles. The number of fused-ring (bicyclic) bond motifs is 1. The van der Waals surface area contributed by atoms with Crippen molar-refractivity contribution in [3.63, 3.8) is 0 Å². The van der Waals surface area contributed by atoms with Crippen LogP contribution in [0, 0.1) is 6.92 Å². The quantitative estimate of drug-likeness (QED) is 0.634. The standard InChI is InChI=1S/C10H13NO2/c1-6-4-8(12)10-7(11)2-3-13-9(10)5-6/h4-5,7,12H,2-3,11H2,1H3. The number of ether oxygens (including phenoxy) is 1. The number of hydrogen-bond acceptors (Lipinski definition) is 3. The Balaban J connectivity index is 2.56. The van der Waals surface area contributed by atoms with E-state index in [1.165, 1.54) is 0 Å². The van der Waals surface area contributed by atoms with Gasteiger partial charge in [0, 0.05) is 12.5 Å². The summed E-state index contributed by atoms with van der Waals surface area (Å²) in [5.41, 5.74) is 7.60. The average Bonchev–Trinajstić information content (AvgIpc) is 2.02. The van der Waals surface area contributed by atoms with Crippen molar-refractivity contribution in [1.82, 2.24) is 0 Å². The first kappa shape index (κ1) is 8.38. The van der Waals surface area contributed by atoms with E-state index in [-0.39, 0.29) is 11.8 Å². The zero-order valence-electron chi connectivity index (χ0n) is 7.58. The number of benzene rings is 1. The maximum absolute atomic E-state index is 9.65. The second-order valence-corrected chi connectivity index (χ2v) is 3.44. The van der Waals surface area contributed by atoms with Crippen molar-refractivity contribution < 1.29 is 9.84 Å². The van der Waals surface area contributed by atoms with Gasteiger partial charge < -0.3 is 15.6 Å². The van der Waals surface area contributed by atoms with Crippen molar-refractivity contribution in [1.29, 1.82) is 0 Å². The van der Waals surface area contributed by atoms with Crippen LogP contribution in [-0.4, -0.2) is 11.7 Å². The molecule has 0 bridgehead atoms. The molecule has 0 fully saturated rings. The molecule has 0 saturated carbocycles. The normalized spacial score (nSPS) is 20.6. The molecule has 0 radical (unpaired) electrons. The third kappa shape index (κ3) is 1.35. The summed E-state index contributed by atoms with van der Waals surface area (Å²) in [6, 6.07) is 3.53. The highest BCUT2D eigenvalue weighted by Crippen LogP contribution is 2.37. The molecule has 0 spiro atoms. The first-order chi connectivity index (χ1) is 6.18. The highest BCUT2D eigenvalue weighted by atomic mass is 16.5. The summed E-state index contributed by atoms with van der Waals surface area (Å²) < 4.78 is 5.42. The highest BCUT2D eigenvalue weighted by Gasteiger charge is 2.21. The average molecular weight is 179 g/mol. The Kier molecular flexibility index (Phi) is 1.88. The van der Waals surface area contributed by atoms with Crippen LogP contribution in [0.1, 0.15) is 23.6 Å². The molecule has 0 amide bonds. The van der Waals surface area contributed by atoms with E-state index >= 15 is 0 Å². The molecule has 0 aromatic heterocycles. The number of nitrogens with two attached hydrogens (primary N) is 1. The minimum atomic E-state index is -0.0932. The molecule has 3 N–H and O–H groups in total. The Morgan fingerprint density at radius 2 is 2.31 bits per heavy atom. The van der Waals surface area contributed by atoms with Crippen molar-refractivity contribution in [3.8, 4) is 11.5 Å². The molecule has 1 heterocycles. The predicted octanol–water partition coefficient (Wildman–Crippen LogP) is 1.48. The van der Waals surface area contributed by atoms with E-state index < -0.39 is 0 Å². The SMILES string of the molecule is Cc1cc(O)c2c(c1)OCCC2N. The van der Waals surface area contributed by atoms with Crippen molar-refractivity contribution in [2.24, 2.45) is 5.73 Å². The summed E-state index contributed by atoms with van der Waals surface area (Å²) in [5, 5.41) is 9.65. The number of aromatic hydroxyl groups is 1. The summed E-state index contributed by atoms with van der Waals surface area (Å²) >= 11 is 0. The van der Waals surface area contributed by atoms with Gasteiger partial charge in [0.15, 0.2) is 0 Å². The molecule has 2 rings (SSSR count). The third-order valence-corrected chi connectivity index (χ3v) is 2.32. The summed E-state index contributed by atoms with van der Waals surface area (Å²) in [4.78, 5) is 0. The molecule has 70 valence electrons. The third-order valence-electron chi connectivity index (χ3n) is 2.32. The summed E-state index contributed by atoms with van der Waals surface area (Å²) in [5.74, 6) is 0.985. The van der Waals surface area contributed by atoms with Crippen molar-refractivity contribution >= 4 is 0 Å². The lowest BCUT2D eigenvalue weighted by Crippen LogP contribution is -2.20. The molecule has 1 atom stereocenters. The van der Waals surface area contributed by atoms with Crippen molar-refractivity contribution in [2.75, 3.05) is 6.61 Å². The molecule has 0 aliphatic carbocycles. The van der Waals surface area contributed by atoms with E-state index in [0.717, 1.165) is 23.3 Å². The monoisotopic (exact) mass is 179 g/mol. The Bertz CT molecular complexity index is 336. The summed E-state index contributed by atoms with van der Waals surface area (Å²) in [6.07, 6.45) is 0.767. The number of hydrogen-bond donors (Lipinski definition) is 2. The van der Waals surface area contributed by atoms with Crippen LogP contribution in [0.15, 0.2) is 12.1 Å². The molecule has 3 heteroatoms. The van der Waals surface area contributed by atoms with Gasteiger partial charge in [-0.25, -0.2) is 0 Å². The first-order valence-electron chi connectivity index (χ1n) is 4.40. The number of aryl methyl sites for hydroxylation is 1. The molecule has 3 nitrogen and oxygen atoms in total. The van der Waals surface area contributed by atoms with Gasteiger partial charge in [0.2, 0.25) is 0 Å². The lowest BCUT2D eigenvalue weighted by atomic mass is 9.99. The smallest absolute Gasteiger partial charge is 0.128 e. The molecule has 13 heavy (non-hydrogen) atoms. The van der Waals surface area contributed by atoms with E-state index in [4.69, 9.17) is 10.5 Å². The fourth-order valence-electron chi connectivity index (χ4n) is 1.68. The molecule has 1 unspecified atom stereocenters. The van der Waals surface area contributed by atoms with Gasteiger partial charge in [-0.2, -0.15) is 0 Å². The summed E-state index contributed by atoms with van der Waals surface area (Å²) in [6.45, 7) is 2.56. The number of phenolic OH excluding ortho intramolecular Hbond substituents is 1. The number of phenols is 1. The maximum Gasteiger partial charge on any atom is 0.128 e. The fraction of sp³-hybridized carbons (Fsp3) is 0.400. The maximum atomic E-state index is 9.65. The fourth-order valence-corrected chi connectivity index (χ4v) is 1.68. The molecule has 1 aromatic rings. The van der Waals surface area contributed by atoms with E-state index in [9.17, 15) is 5.11 Å². The van der Waals surface area contributed by atoms with Gasteiger partial charge in [-0.05, 0) is 24.6 Å². The van der Waals surface area contributed by atoms with Crippen LogP contribution >= 0.6 is 0 Å². The van der Waals surface area contributed by atoms with Gasteiger partial charge >= 0.3 is 0 Å². The van der Waals surface area contributed by atoms with Crippen molar-refractivity contribution in [3.05, 3.63) is 23.3 Å². The molecule has 1 aliphatic heterocycles. The van der Waals surface area contributed by atoms with Crippen molar-refractivity contribution in [2.45, 2.75) is 19.4 Å². The van der Waals surface area contributed by atoms with Gasteiger partial charge in [-0.1, -0.05) is 0 Å². The van der Waals surface area contributed by atoms with Crippen LogP contribution in [0.5, 0.6) is 11.5 Å². The van der Waals surface area contributed by atoms with E-state index in [2.05, 4.69) is 0 Å². The van der Waals surface area contributed by atoms with Crippen LogP contribution < -0.4 is 10.5 Å². The van der Waals surface area contributed by atoms with Gasteiger partial charge in [-0.3, -0.25) is 0 Å². The molecule has 1 aliphatic rings. The van der Waals surface area contributed by atoms with Gasteiger partial charge in [-0.15, -0.1) is 0 Å².